The molecule has 0 saturated carbocycles. The molecular formula is C12H22B2N2O12S2. The van der Waals surface area contributed by atoms with Crippen LogP contribution in [0.4, 0.5) is 0 Å². The molecule has 0 heterocycles. The molecule has 0 unspecified atom stereocenters. The Bertz CT molecular complexity index is 626. The van der Waals surface area contributed by atoms with Crippen LogP contribution in [0.2, 0.25) is 0 Å². The number of carboxylic acid groups (broad SMARTS) is 1. The monoisotopic (exact) mass is 472 g/mol. The lowest BCUT2D eigenvalue weighted by Crippen LogP contribution is -2.22. The predicted molar refractivity (Wildman–Crippen MR) is 103 cm³/mol. The average Bonchev–Trinajstić information content (AvgIpc) is 2.61. The van der Waals surface area contributed by atoms with Crippen molar-refractivity contribution in [2.24, 2.45) is 0 Å². The lowest BCUT2D eigenvalue weighted by atomic mass is 9.99. The third-order valence-corrected chi connectivity index (χ3v) is 2.09. The second kappa shape index (κ2) is 31.3. The number of carbonyl (C=O) groups is 4. The van der Waals surface area contributed by atoms with Crippen LogP contribution in [-0.2, 0) is 45.1 Å². The van der Waals surface area contributed by atoms with Crippen LogP contribution in [0.1, 0.15) is 32.6 Å². The van der Waals surface area contributed by atoms with E-state index in [9.17, 15) is 19.2 Å². The molecule has 0 aromatic carbocycles. The Morgan fingerprint density at radius 3 is 1.53 bits per heavy atom. The second-order valence-electron chi connectivity index (χ2n) is 4.33. The summed E-state index contributed by atoms with van der Waals surface area (Å²) in [7, 11) is -3.66. The maximum atomic E-state index is 10.7. The molecule has 0 aliphatic carbocycles. The van der Waals surface area contributed by atoms with Gasteiger partial charge in [0.05, 0.1) is 19.0 Å². The van der Waals surface area contributed by atoms with E-state index >= 15 is 0 Å². The van der Waals surface area contributed by atoms with E-state index in [2.05, 4.69) is 10.5 Å². The van der Waals surface area contributed by atoms with E-state index in [1.807, 2.05) is 0 Å². The average molecular weight is 472 g/mol. The second-order valence-corrected chi connectivity index (χ2v) is 5.14. The molecular weight excluding hydrogens is 450 g/mol. The van der Waals surface area contributed by atoms with Crippen molar-refractivity contribution in [3.05, 3.63) is 0 Å². The molecule has 2 radical (unpaired) electrons. The summed E-state index contributed by atoms with van der Waals surface area (Å²) in [4.78, 5) is 40.1. The summed E-state index contributed by atoms with van der Waals surface area (Å²) in [6, 6.07) is 0. The molecule has 0 saturated heterocycles. The molecule has 0 aromatic heterocycles. The Balaban J connectivity index is -0.000000168. The quantitative estimate of drug-likeness (QED) is 0.105. The van der Waals surface area contributed by atoms with Gasteiger partial charge in [-0.25, -0.2) is 0 Å². The van der Waals surface area contributed by atoms with Gasteiger partial charge in [-0.3, -0.25) is 9.59 Å². The first-order chi connectivity index (χ1) is 14.0. The minimum Gasteiger partial charge on any atom is -0.481 e. The highest BCUT2D eigenvalue weighted by molar-refractivity contribution is 7.59. The lowest BCUT2D eigenvalue weighted by molar-refractivity contribution is -0.143. The highest BCUT2D eigenvalue weighted by atomic mass is 32.2. The number of esters is 1. The minimum absolute atomic E-state index is 0.139. The van der Waals surface area contributed by atoms with Crippen molar-refractivity contribution in [1.82, 2.24) is 10.5 Å². The molecule has 0 fully saturated rings. The molecule has 14 nitrogen and oxygen atoms in total. The van der Waals surface area contributed by atoms with E-state index in [0.717, 1.165) is 0 Å². The summed E-state index contributed by atoms with van der Waals surface area (Å²) in [5.41, 5.74) is 0. The zero-order valence-electron chi connectivity index (χ0n) is 16.0. The minimum atomic E-state index is -3.11. The van der Waals surface area contributed by atoms with E-state index in [4.69, 9.17) is 35.1 Å². The van der Waals surface area contributed by atoms with Crippen molar-refractivity contribution in [2.45, 2.75) is 32.6 Å². The molecule has 0 amide bonds. The molecule has 0 aliphatic rings. The zero-order valence-corrected chi connectivity index (χ0v) is 17.6. The predicted octanol–water partition coefficient (Wildman–Crippen LogP) is -3.03. The number of carboxylic acids is 1. The standard InChI is InChI=1S/C7H13BNO3.C5H9BNO3.2O3S/c1-2-12-7(11)4-3-5-9-8-6-10;8-4-6-7-3-1-2-5(9)10;2*1-4(2)3/h6,9H,2-5H2,1H3;4,7H,1-3H2,(H,9,10);;. The van der Waals surface area contributed by atoms with Gasteiger partial charge in [-0.2, -0.15) is 0 Å². The number of hydrogen-bond donors (Lipinski definition) is 3. The van der Waals surface area contributed by atoms with Crippen molar-refractivity contribution in [3.63, 3.8) is 0 Å². The van der Waals surface area contributed by atoms with Gasteiger partial charge in [0.2, 0.25) is 0 Å². The van der Waals surface area contributed by atoms with Crippen LogP contribution in [-0.4, -0.2) is 89.2 Å². The normalized spacial score (nSPS) is 8.17. The van der Waals surface area contributed by atoms with Crippen LogP contribution < -0.4 is 10.5 Å². The van der Waals surface area contributed by atoms with Crippen LogP contribution in [0.5, 0.6) is 0 Å². The molecule has 0 aliphatic heterocycles. The molecule has 0 bridgehead atoms. The van der Waals surface area contributed by atoms with Crippen LogP contribution in [0.3, 0.4) is 0 Å². The maximum Gasteiger partial charge on any atom is 0.425 e. The fourth-order valence-corrected chi connectivity index (χ4v) is 1.17. The number of aliphatic carboxylic acids is 1. The van der Waals surface area contributed by atoms with Gasteiger partial charge in [0, 0.05) is 12.8 Å². The molecule has 30 heavy (non-hydrogen) atoms. The van der Waals surface area contributed by atoms with Crippen LogP contribution in [0.15, 0.2) is 0 Å². The summed E-state index contributed by atoms with van der Waals surface area (Å²) in [5, 5.41) is 13.5. The topological polar surface area (TPSA) is 224 Å². The van der Waals surface area contributed by atoms with Gasteiger partial charge in [-0.15, -0.1) is 25.3 Å². The Hall–Kier alpha value is -2.43. The smallest absolute Gasteiger partial charge is 0.425 e. The van der Waals surface area contributed by atoms with Crippen molar-refractivity contribution < 1.29 is 54.3 Å². The summed E-state index contributed by atoms with van der Waals surface area (Å²) in [5.74, 6) is -1.00. The Morgan fingerprint density at radius 2 is 1.23 bits per heavy atom. The molecule has 0 aromatic rings. The Labute approximate surface area is 177 Å². The fourth-order valence-electron chi connectivity index (χ4n) is 1.17. The number of ether oxygens (including phenoxy) is 1. The maximum absolute atomic E-state index is 10.7. The van der Waals surface area contributed by atoms with Gasteiger partial charge in [-0.05, 0) is 32.9 Å². The third-order valence-electron chi connectivity index (χ3n) is 2.09. The number of nitrogens with one attached hydrogen (secondary N) is 2. The Morgan fingerprint density at radius 1 is 0.867 bits per heavy atom. The number of hydrogen-bond acceptors (Lipinski definition) is 13. The van der Waals surface area contributed by atoms with Gasteiger partial charge in [0.15, 0.2) is 0 Å². The summed E-state index contributed by atoms with van der Waals surface area (Å²) in [6.45, 7) is 3.35. The first-order valence-electron chi connectivity index (χ1n) is 7.96. The van der Waals surface area contributed by atoms with E-state index < -0.39 is 27.2 Å². The van der Waals surface area contributed by atoms with Crippen molar-refractivity contribution >= 4 is 60.4 Å². The first-order valence-corrected chi connectivity index (χ1v) is 9.96. The lowest BCUT2D eigenvalue weighted by Gasteiger charge is -2.00. The van der Waals surface area contributed by atoms with Gasteiger partial charge >= 0.3 is 33.2 Å². The van der Waals surface area contributed by atoms with Crippen molar-refractivity contribution in [2.75, 3.05) is 19.7 Å². The SMILES string of the molecule is CCOC(=O)CCCN[B]C=O.O=C[B]NCCCC(=O)O.O=S(=O)=O.O=S(=O)=O. The largest absolute Gasteiger partial charge is 0.481 e. The molecule has 3 N–H and O–H groups in total. The number of carbonyl (C=O) groups excluding carboxylic acids is 3. The van der Waals surface area contributed by atoms with Crippen molar-refractivity contribution in [1.29, 1.82) is 0 Å². The zero-order chi connectivity index (χ0) is 24.2. The van der Waals surface area contributed by atoms with Gasteiger partial charge < -0.3 is 29.9 Å². The van der Waals surface area contributed by atoms with Crippen LogP contribution in [0, 0.1) is 0 Å². The number of rotatable bonds is 13. The van der Waals surface area contributed by atoms with E-state index in [1.165, 1.54) is 14.8 Å². The molecule has 170 valence electrons. The molecule has 0 atom stereocenters. The summed E-state index contributed by atoms with van der Waals surface area (Å²) >= 11 is 0. The Kier molecular flexibility index (Phi) is 36.5. The molecule has 0 spiro atoms. The van der Waals surface area contributed by atoms with E-state index in [0.29, 0.717) is 51.3 Å². The summed E-state index contributed by atoms with van der Waals surface area (Å²) < 4.78 is 55.4. The first kappa shape index (κ1) is 35.0. The van der Waals surface area contributed by atoms with Gasteiger partial charge in [0.25, 0.3) is 14.8 Å². The van der Waals surface area contributed by atoms with Crippen LogP contribution in [0.25, 0.3) is 0 Å². The fraction of sp³-hybridized carbons (Fsp3) is 0.667. The van der Waals surface area contributed by atoms with Gasteiger partial charge in [-0.1, -0.05) is 0 Å². The third kappa shape index (κ3) is 72.7. The molecule has 0 rings (SSSR count). The van der Waals surface area contributed by atoms with E-state index in [-0.39, 0.29) is 12.4 Å². The van der Waals surface area contributed by atoms with E-state index in [1.54, 1.807) is 6.92 Å². The highest BCUT2D eigenvalue weighted by Gasteiger charge is 1.99. The van der Waals surface area contributed by atoms with Crippen LogP contribution >= 0.6 is 0 Å². The highest BCUT2D eigenvalue weighted by Crippen LogP contribution is 1.90. The van der Waals surface area contributed by atoms with Crippen molar-refractivity contribution in [3.8, 4) is 0 Å². The van der Waals surface area contributed by atoms with Gasteiger partial charge in [0.1, 0.15) is 0 Å². The summed E-state index contributed by atoms with van der Waals surface area (Å²) in [6.07, 6.45) is 3.06. The molecule has 18 heteroatoms.